The highest BCUT2D eigenvalue weighted by Crippen LogP contribution is 2.34. The molecule has 0 radical (unpaired) electrons. The molecule has 88 valence electrons. The molecule has 0 amide bonds. The average molecular weight is 216 g/mol. The first-order valence-corrected chi connectivity index (χ1v) is 5.11. The topological polar surface area (TPSA) is 74.6 Å². The van der Waals surface area contributed by atoms with Crippen LogP contribution in [0.4, 0.5) is 0 Å². The van der Waals surface area contributed by atoms with Gasteiger partial charge < -0.3 is 10.2 Å². The Kier molecular flexibility index (Phi) is 4.78. The first-order chi connectivity index (χ1) is 6.66. The second kappa shape index (κ2) is 5.14. The Balaban J connectivity index is 4.54. The van der Waals surface area contributed by atoms with Gasteiger partial charge in [-0.3, -0.25) is 9.59 Å². The molecule has 0 aromatic rings. The van der Waals surface area contributed by atoms with Gasteiger partial charge in [-0.15, -0.1) is 0 Å². The third-order valence-corrected chi connectivity index (χ3v) is 3.11. The Hall–Kier alpha value is -1.06. The molecular weight excluding hydrogens is 196 g/mol. The number of hydrogen-bond acceptors (Lipinski definition) is 2. The summed E-state index contributed by atoms with van der Waals surface area (Å²) in [4.78, 5) is 21.4. The van der Waals surface area contributed by atoms with Crippen LogP contribution in [0.1, 0.15) is 40.5 Å². The van der Waals surface area contributed by atoms with E-state index in [1.165, 1.54) is 0 Å². The first-order valence-electron chi connectivity index (χ1n) is 5.11. The molecule has 0 spiro atoms. The van der Waals surface area contributed by atoms with Gasteiger partial charge in [0.15, 0.2) is 0 Å². The van der Waals surface area contributed by atoms with Crippen LogP contribution >= 0.6 is 0 Å². The van der Waals surface area contributed by atoms with E-state index >= 15 is 0 Å². The molecule has 4 heteroatoms. The van der Waals surface area contributed by atoms with Crippen molar-refractivity contribution in [2.45, 2.75) is 40.5 Å². The third-order valence-electron chi connectivity index (χ3n) is 3.11. The Morgan fingerprint density at radius 1 is 1.20 bits per heavy atom. The van der Waals surface area contributed by atoms with Gasteiger partial charge in [-0.25, -0.2) is 0 Å². The van der Waals surface area contributed by atoms with Crippen molar-refractivity contribution >= 4 is 11.9 Å². The Bertz CT molecular complexity index is 243. The predicted molar refractivity (Wildman–Crippen MR) is 56.6 cm³/mol. The summed E-state index contributed by atoms with van der Waals surface area (Å²) in [6, 6.07) is 0. The van der Waals surface area contributed by atoms with Crippen LogP contribution in [-0.4, -0.2) is 22.2 Å². The normalized spacial score (nSPS) is 13.9. The zero-order valence-electron chi connectivity index (χ0n) is 9.78. The van der Waals surface area contributed by atoms with Crippen molar-refractivity contribution in [1.29, 1.82) is 0 Å². The van der Waals surface area contributed by atoms with Gasteiger partial charge in [0, 0.05) is 0 Å². The van der Waals surface area contributed by atoms with Crippen molar-refractivity contribution < 1.29 is 19.8 Å². The molecule has 0 heterocycles. The fraction of sp³-hybridized carbons (Fsp3) is 0.818. The third kappa shape index (κ3) is 4.81. The monoisotopic (exact) mass is 216 g/mol. The molecule has 4 nitrogen and oxygen atoms in total. The smallest absolute Gasteiger partial charge is 0.307 e. The van der Waals surface area contributed by atoms with Crippen LogP contribution in [0.5, 0.6) is 0 Å². The maximum atomic E-state index is 10.9. The second-order valence-corrected chi connectivity index (χ2v) is 4.98. The maximum Gasteiger partial charge on any atom is 0.307 e. The lowest BCUT2D eigenvalue weighted by Gasteiger charge is -2.31. The fourth-order valence-corrected chi connectivity index (χ4v) is 1.33. The molecule has 0 aliphatic carbocycles. The summed E-state index contributed by atoms with van der Waals surface area (Å²) in [5, 5.41) is 17.5. The molecule has 0 bridgehead atoms. The zero-order valence-corrected chi connectivity index (χ0v) is 9.78. The van der Waals surface area contributed by atoms with Crippen molar-refractivity contribution in [3.63, 3.8) is 0 Å². The largest absolute Gasteiger partial charge is 0.481 e. The molecule has 0 aromatic carbocycles. The summed E-state index contributed by atoms with van der Waals surface area (Å²) in [5.74, 6) is -2.54. The van der Waals surface area contributed by atoms with Crippen LogP contribution in [-0.2, 0) is 9.59 Å². The Morgan fingerprint density at radius 3 is 1.93 bits per heavy atom. The minimum Gasteiger partial charge on any atom is -0.481 e. The van der Waals surface area contributed by atoms with Gasteiger partial charge >= 0.3 is 11.9 Å². The highest BCUT2D eigenvalue weighted by Gasteiger charge is 2.31. The predicted octanol–water partition coefficient (Wildman–Crippen LogP) is 2.23. The van der Waals surface area contributed by atoms with E-state index in [2.05, 4.69) is 0 Å². The van der Waals surface area contributed by atoms with Crippen LogP contribution in [0.3, 0.4) is 0 Å². The molecular formula is C11H20O4. The Labute approximate surface area is 90.3 Å². The fourth-order valence-electron chi connectivity index (χ4n) is 1.33. The van der Waals surface area contributed by atoms with E-state index < -0.39 is 17.9 Å². The summed E-state index contributed by atoms with van der Waals surface area (Å²) in [6.07, 6.45) is 0.0950. The van der Waals surface area contributed by atoms with Crippen molar-refractivity contribution in [3.8, 4) is 0 Å². The van der Waals surface area contributed by atoms with Crippen molar-refractivity contribution in [2.75, 3.05) is 0 Å². The van der Waals surface area contributed by atoms with Crippen LogP contribution in [0.2, 0.25) is 0 Å². The van der Waals surface area contributed by atoms with E-state index in [-0.39, 0.29) is 11.8 Å². The summed E-state index contributed by atoms with van der Waals surface area (Å²) in [5.41, 5.74) is -0.154. The quantitative estimate of drug-likeness (QED) is 0.714. The van der Waals surface area contributed by atoms with Gasteiger partial charge in [0.1, 0.15) is 0 Å². The lowest BCUT2D eigenvalue weighted by atomic mass is 9.74. The molecule has 0 fully saturated rings. The molecule has 2 N–H and O–H groups in total. The summed E-state index contributed by atoms with van der Waals surface area (Å²) in [6.45, 7) is 7.96. The second-order valence-electron chi connectivity index (χ2n) is 4.98. The number of carboxylic acids is 2. The number of carboxylic acid groups (broad SMARTS) is 2. The van der Waals surface area contributed by atoms with Crippen LogP contribution < -0.4 is 0 Å². The lowest BCUT2D eigenvalue weighted by Crippen LogP contribution is -2.28. The van der Waals surface area contributed by atoms with E-state index in [9.17, 15) is 9.59 Å². The molecule has 0 saturated carbocycles. The van der Waals surface area contributed by atoms with E-state index in [1.54, 1.807) is 0 Å². The highest BCUT2D eigenvalue weighted by atomic mass is 16.4. The minimum absolute atomic E-state index is 0.154. The summed E-state index contributed by atoms with van der Waals surface area (Å²) in [7, 11) is 0. The van der Waals surface area contributed by atoms with Crippen molar-refractivity contribution in [2.24, 2.45) is 17.3 Å². The van der Waals surface area contributed by atoms with Gasteiger partial charge in [0.25, 0.3) is 0 Å². The van der Waals surface area contributed by atoms with Crippen LogP contribution in [0.25, 0.3) is 0 Å². The highest BCUT2D eigenvalue weighted by molar-refractivity contribution is 5.77. The standard InChI is InChI=1S/C11H20O4/c1-7(2)11(3,4)6-8(10(14)15)5-9(12)13/h7-8H,5-6H2,1-4H3,(H,12,13)(H,14,15). The molecule has 0 aliphatic heterocycles. The molecule has 1 atom stereocenters. The zero-order chi connectivity index (χ0) is 12.2. The summed E-state index contributed by atoms with van der Waals surface area (Å²) >= 11 is 0. The van der Waals surface area contributed by atoms with E-state index in [4.69, 9.17) is 10.2 Å². The number of aliphatic carboxylic acids is 2. The van der Waals surface area contributed by atoms with Crippen molar-refractivity contribution in [1.82, 2.24) is 0 Å². The van der Waals surface area contributed by atoms with Crippen LogP contribution in [0, 0.1) is 17.3 Å². The molecule has 15 heavy (non-hydrogen) atoms. The number of rotatable bonds is 6. The SMILES string of the molecule is CC(C)C(C)(C)CC(CC(=O)O)C(=O)O. The van der Waals surface area contributed by atoms with Gasteiger partial charge in [-0.2, -0.15) is 0 Å². The molecule has 0 saturated heterocycles. The number of carbonyl (C=O) groups is 2. The average Bonchev–Trinajstić information content (AvgIpc) is 2.01. The molecule has 0 aliphatic rings. The van der Waals surface area contributed by atoms with Gasteiger partial charge in [-0.1, -0.05) is 27.7 Å². The van der Waals surface area contributed by atoms with Gasteiger partial charge in [0.05, 0.1) is 12.3 Å². The number of hydrogen-bond donors (Lipinski definition) is 2. The first kappa shape index (κ1) is 13.9. The van der Waals surface area contributed by atoms with Crippen molar-refractivity contribution in [3.05, 3.63) is 0 Å². The Morgan fingerprint density at radius 2 is 1.67 bits per heavy atom. The van der Waals surface area contributed by atoms with Crippen LogP contribution in [0.15, 0.2) is 0 Å². The molecule has 0 rings (SSSR count). The molecule has 1 unspecified atom stereocenters. The van der Waals surface area contributed by atoms with Gasteiger partial charge in [0.2, 0.25) is 0 Å². The lowest BCUT2D eigenvalue weighted by molar-refractivity contribution is -0.149. The maximum absolute atomic E-state index is 10.9. The van der Waals surface area contributed by atoms with Gasteiger partial charge in [-0.05, 0) is 17.8 Å². The van der Waals surface area contributed by atoms with E-state index in [0.717, 1.165) is 0 Å². The minimum atomic E-state index is -1.05. The van der Waals surface area contributed by atoms with E-state index in [0.29, 0.717) is 12.3 Å². The van der Waals surface area contributed by atoms with E-state index in [1.807, 2.05) is 27.7 Å². The molecule has 0 aromatic heterocycles. The summed E-state index contributed by atoms with van der Waals surface area (Å²) < 4.78 is 0.